The molecule has 0 aromatic carbocycles. The molecule has 0 aliphatic carbocycles. The highest BCUT2D eigenvalue weighted by molar-refractivity contribution is 5.86. The zero-order chi connectivity index (χ0) is 19.0. The second-order valence-corrected chi connectivity index (χ2v) is 7.83. The van der Waals surface area contributed by atoms with Gasteiger partial charge in [0.15, 0.2) is 0 Å². The normalized spacial score (nSPS) is 19.9. The van der Waals surface area contributed by atoms with Crippen LogP contribution in [0.25, 0.3) is 10.9 Å². The lowest BCUT2D eigenvalue weighted by atomic mass is 9.91. The van der Waals surface area contributed by atoms with Crippen LogP contribution in [0.4, 0.5) is 0 Å². The molecule has 4 rings (SSSR count). The number of carbonyl (C=O) groups is 2. The van der Waals surface area contributed by atoms with Crippen LogP contribution in [0.3, 0.4) is 0 Å². The molecule has 7 nitrogen and oxygen atoms in total. The van der Waals surface area contributed by atoms with E-state index in [9.17, 15) is 14.7 Å². The van der Waals surface area contributed by atoms with E-state index in [2.05, 4.69) is 15.6 Å². The van der Waals surface area contributed by atoms with Gasteiger partial charge in [-0.1, -0.05) is 0 Å². The van der Waals surface area contributed by atoms with Crippen LogP contribution in [0.2, 0.25) is 0 Å². The Labute approximate surface area is 158 Å². The number of likely N-dealkylation sites (tertiary alicyclic amines) is 2. The van der Waals surface area contributed by atoms with E-state index in [1.807, 2.05) is 19.2 Å². The molecule has 2 amide bonds. The first-order chi connectivity index (χ1) is 13.0. The van der Waals surface area contributed by atoms with Crippen molar-refractivity contribution in [1.29, 1.82) is 0 Å². The van der Waals surface area contributed by atoms with Crippen molar-refractivity contribution in [2.24, 2.45) is 0 Å². The van der Waals surface area contributed by atoms with Crippen LogP contribution in [0.15, 0.2) is 24.5 Å². The SMILES string of the molecule is Cc1cc2ccncc2n1CC1(O)CCN(C(=O)CN2CCCC2=O)CC1. The molecular weight excluding hydrogens is 344 g/mol. The molecule has 27 heavy (non-hydrogen) atoms. The summed E-state index contributed by atoms with van der Waals surface area (Å²) in [6, 6.07) is 4.08. The standard InChI is InChI=1S/C20H26N4O3/c1-15-11-16-4-7-21-12-17(16)24(15)14-20(27)5-9-22(10-6-20)19(26)13-23-8-2-3-18(23)25/h4,7,11-12,27H,2-3,5-6,8-10,13-14H2,1H3. The Hall–Kier alpha value is -2.41. The number of hydrogen-bond acceptors (Lipinski definition) is 4. The number of aromatic nitrogens is 2. The third kappa shape index (κ3) is 3.56. The number of nitrogens with zero attached hydrogens (tertiary/aromatic N) is 4. The fraction of sp³-hybridized carbons (Fsp3) is 0.550. The zero-order valence-corrected chi connectivity index (χ0v) is 15.7. The molecule has 0 unspecified atom stereocenters. The van der Waals surface area contributed by atoms with Crippen molar-refractivity contribution in [2.75, 3.05) is 26.2 Å². The molecule has 0 spiro atoms. The van der Waals surface area contributed by atoms with Crippen molar-refractivity contribution < 1.29 is 14.7 Å². The van der Waals surface area contributed by atoms with E-state index in [1.54, 1.807) is 16.0 Å². The van der Waals surface area contributed by atoms with Gasteiger partial charge in [0.05, 0.1) is 30.4 Å². The monoisotopic (exact) mass is 370 g/mol. The fourth-order valence-electron chi connectivity index (χ4n) is 4.21. The summed E-state index contributed by atoms with van der Waals surface area (Å²) in [5.41, 5.74) is 1.28. The highest BCUT2D eigenvalue weighted by Gasteiger charge is 2.35. The van der Waals surface area contributed by atoms with Gasteiger partial charge in [0.25, 0.3) is 0 Å². The molecule has 2 aromatic heterocycles. The van der Waals surface area contributed by atoms with Crippen molar-refractivity contribution in [2.45, 2.75) is 44.8 Å². The number of amides is 2. The number of fused-ring (bicyclic) bond motifs is 1. The summed E-state index contributed by atoms with van der Waals surface area (Å²) in [5.74, 6) is 0.0551. The summed E-state index contributed by atoms with van der Waals surface area (Å²) < 4.78 is 2.11. The molecule has 2 fully saturated rings. The Morgan fingerprint density at radius 2 is 2.07 bits per heavy atom. The molecule has 0 bridgehead atoms. The number of carbonyl (C=O) groups excluding carboxylic acids is 2. The predicted octanol–water partition coefficient (Wildman–Crippen LogP) is 1.32. The first-order valence-corrected chi connectivity index (χ1v) is 9.63. The average molecular weight is 370 g/mol. The maximum Gasteiger partial charge on any atom is 0.242 e. The lowest BCUT2D eigenvalue weighted by molar-refractivity contribution is -0.141. The van der Waals surface area contributed by atoms with Gasteiger partial charge in [-0.15, -0.1) is 0 Å². The number of hydrogen-bond donors (Lipinski definition) is 1. The lowest BCUT2D eigenvalue weighted by Crippen LogP contribution is -2.51. The molecule has 7 heteroatoms. The summed E-state index contributed by atoms with van der Waals surface area (Å²) in [5, 5.41) is 12.2. The van der Waals surface area contributed by atoms with Gasteiger partial charge in [-0.05, 0) is 38.3 Å². The first kappa shape index (κ1) is 18.0. The van der Waals surface area contributed by atoms with E-state index < -0.39 is 5.60 Å². The van der Waals surface area contributed by atoms with Crippen LogP contribution >= 0.6 is 0 Å². The van der Waals surface area contributed by atoms with Crippen LogP contribution in [0, 0.1) is 6.92 Å². The highest BCUT2D eigenvalue weighted by Crippen LogP contribution is 2.28. The van der Waals surface area contributed by atoms with Crippen molar-refractivity contribution >= 4 is 22.7 Å². The van der Waals surface area contributed by atoms with Gasteiger partial charge < -0.3 is 19.5 Å². The molecule has 0 saturated carbocycles. The number of aliphatic hydroxyl groups is 1. The average Bonchev–Trinajstić information content (AvgIpc) is 3.19. The quantitative estimate of drug-likeness (QED) is 0.880. The summed E-state index contributed by atoms with van der Waals surface area (Å²) >= 11 is 0. The Balaban J connectivity index is 1.39. The minimum Gasteiger partial charge on any atom is -0.388 e. The molecule has 0 radical (unpaired) electrons. The third-order valence-corrected chi connectivity index (χ3v) is 5.91. The Bertz CT molecular complexity index is 867. The third-order valence-electron chi connectivity index (χ3n) is 5.91. The van der Waals surface area contributed by atoms with E-state index in [1.165, 1.54) is 0 Å². The van der Waals surface area contributed by atoms with Crippen molar-refractivity contribution in [1.82, 2.24) is 19.4 Å². The van der Waals surface area contributed by atoms with Crippen LogP contribution in [-0.2, 0) is 16.1 Å². The first-order valence-electron chi connectivity index (χ1n) is 9.63. The van der Waals surface area contributed by atoms with E-state index in [4.69, 9.17) is 0 Å². The van der Waals surface area contributed by atoms with Gasteiger partial charge in [-0.3, -0.25) is 14.6 Å². The molecule has 0 atom stereocenters. The minimum absolute atomic E-state index is 0.0147. The molecule has 4 heterocycles. The molecule has 2 aliphatic heterocycles. The van der Waals surface area contributed by atoms with Gasteiger partial charge in [-0.25, -0.2) is 0 Å². The fourth-order valence-corrected chi connectivity index (χ4v) is 4.21. The molecule has 2 aliphatic rings. The Morgan fingerprint density at radius 3 is 2.78 bits per heavy atom. The van der Waals surface area contributed by atoms with Crippen LogP contribution in [0.1, 0.15) is 31.4 Å². The van der Waals surface area contributed by atoms with Gasteiger partial charge in [0.1, 0.15) is 0 Å². The Morgan fingerprint density at radius 1 is 1.30 bits per heavy atom. The largest absolute Gasteiger partial charge is 0.388 e. The topological polar surface area (TPSA) is 78.7 Å². The molecule has 144 valence electrons. The van der Waals surface area contributed by atoms with Crippen LogP contribution in [0.5, 0.6) is 0 Å². The maximum absolute atomic E-state index is 12.5. The molecule has 1 N–H and O–H groups in total. The lowest BCUT2D eigenvalue weighted by Gasteiger charge is -2.39. The molecule has 2 aromatic rings. The number of rotatable bonds is 4. The van der Waals surface area contributed by atoms with Gasteiger partial charge in [-0.2, -0.15) is 0 Å². The van der Waals surface area contributed by atoms with Gasteiger partial charge >= 0.3 is 0 Å². The van der Waals surface area contributed by atoms with Crippen LogP contribution in [-0.4, -0.2) is 68.1 Å². The van der Waals surface area contributed by atoms with Crippen molar-refractivity contribution in [3.63, 3.8) is 0 Å². The number of aryl methyl sites for hydroxylation is 1. The summed E-state index contributed by atoms with van der Waals surface area (Å²) in [4.78, 5) is 31.8. The van der Waals surface area contributed by atoms with E-state index in [-0.39, 0.29) is 18.4 Å². The Kier molecular flexibility index (Phi) is 4.63. The summed E-state index contributed by atoms with van der Waals surface area (Å²) in [7, 11) is 0. The van der Waals surface area contributed by atoms with Crippen LogP contribution < -0.4 is 0 Å². The number of piperidine rings is 1. The van der Waals surface area contributed by atoms with Gasteiger partial charge in [0.2, 0.25) is 11.8 Å². The maximum atomic E-state index is 12.5. The highest BCUT2D eigenvalue weighted by atomic mass is 16.3. The zero-order valence-electron chi connectivity index (χ0n) is 15.7. The van der Waals surface area contributed by atoms with E-state index in [0.717, 1.165) is 23.0 Å². The second-order valence-electron chi connectivity index (χ2n) is 7.83. The van der Waals surface area contributed by atoms with Crippen molar-refractivity contribution in [3.8, 4) is 0 Å². The summed E-state index contributed by atoms with van der Waals surface area (Å²) in [6.07, 6.45) is 6.06. The smallest absolute Gasteiger partial charge is 0.242 e. The minimum atomic E-state index is -0.840. The number of pyridine rings is 1. The van der Waals surface area contributed by atoms with Crippen molar-refractivity contribution in [3.05, 3.63) is 30.2 Å². The van der Waals surface area contributed by atoms with E-state index in [0.29, 0.717) is 45.4 Å². The van der Waals surface area contributed by atoms with E-state index >= 15 is 0 Å². The molecule has 2 saturated heterocycles. The van der Waals surface area contributed by atoms with Gasteiger partial charge in [0, 0.05) is 43.3 Å². The second kappa shape index (κ2) is 6.96. The molecular formula is C20H26N4O3. The summed E-state index contributed by atoms with van der Waals surface area (Å²) in [6.45, 7) is 4.43. The predicted molar refractivity (Wildman–Crippen MR) is 101 cm³/mol.